The highest BCUT2D eigenvalue weighted by molar-refractivity contribution is 6.05. The first kappa shape index (κ1) is 14.0. The number of hydrogen-bond acceptors (Lipinski definition) is 3. The van der Waals surface area contributed by atoms with Crippen molar-refractivity contribution in [2.75, 3.05) is 19.6 Å². The van der Waals surface area contributed by atoms with Gasteiger partial charge in [-0.2, -0.15) is 0 Å². The zero-order chi connectivity index (χ0) is 14.5. The predicted octanol–water partition coefficient (Wildman–Crippen LogP) is 0.737. The largest absolute Gasteiger partial charge is 0.478 e. The minimum absolute atomic E-state index is 0.0641. The van der Waals surface area contributed by atoms with Crippen LogP contribution in [-0.4, -0.2) is 47.4 Å². The van der Waals surface area contributed by atoms with E-state index in [4.69, 9.17) is 5.11 Å². The Morgan fingerprint density at radius 3 is 2.30 bits per heavy atom. The molecule has 2 N–H and O–H groups in total. The second-order valence-electron chi connectivity index (χ2n) is 4.62. The Bertz CT molecular complexity index is 536. The van der Waals surface area contributed by atoms with Gasteiger partial charge < -0.3 is 15.3 Å². The molecule has 2 amide bonds. The van der Waals surface area contributed by atoms with Crippen LogP contribution in [0.25, 0.3) is 0 Å². The number of carboxylic acid groups (broad SMARTS) is 1. The molecule has 1 aromatic rings. The van der Waals surface area contributed by atoms with E-state index in [9.17, 15) is 14.4 Å². The number of aromatic carboxylic acids is 1. The molecule has 0 spiro atoms. The summed E-state index contributed by atoms with van der Waals surface area (Å²) in [4.78, 5) is 36.5. The molecule has 6 heteroatoms. The summed E-state index contributed by atoms with van der Waals surface area (Å²) in [5, 5.41) is 11.5. The molecule has 6 nitrogen and oxygen atoms in total. The van der Waals surface area contributed by atoms with Crippen LogP contribution in [-0.2, 0) is 4.79 Å². The summed E-state index contributed by atoms with van der Waals surface area (Å²) >= 11 is 0. The SMILES string of the molecule is O=C(O)c1ccccc1C(=O)NCC(=O)N1CCCC1. The van der Waals surface area contributed by atoms with Gasteiger partial charge in [0.15, 0.2) is 0 Å². The maximum Gasteiger partial charge on any atom is 0.336 e. The maximum absolute atomic E-state index is 11.9. The van der Waals surface area contributed by atoms with E-state index in [1.54, 1.807) is 17.0 Å². The Labute approximate surface area is 116 Å². The third kappa shape index (κ3) is 3.14. The van der Waals surface area contributed by atoms with Gasteiger partial charge in [-0.05, 0) is 25.0 Å². The molecule has 20 heavy (non-hydrogen) atoms. The van der Waals surface area contributed by atoms with E-state index in [1.165, 1.54) is 12.1 Å². The fraction of sp³-hybridized carbons (Fsp3) is 0.357. The van der Waals surface area contributed by atoms with Crippen molar-refractivity contribution in [1.82, 2.24) is 10.2 Å². The second kappa shape index (κ2) is 6.18. The molecule has 1 aromatic carbocycles. The molecule has 1 fully saturated rings. The van der Waals surface area contributed by atoms with Crippen LogP contribution in [0.5, 0.6) is 0 Å². The van der Waals surface area contributed by atoms with Crippen LogP contribution in [0.3, 0.4) is 0 Å². The first-order valence-electron chi connectivity index (χ1n) is 6.48. The fourth-order valence-electron chi connectivity index (χ4n) is 2.20. The minimum atomic E-state index is -1.17. The van der Waals surface area contributed by atoms with E-state index in [2.05, 4.69) is 5.32 Å². The van der Waals surface area contributed by atoms with Gasteiger partial charge in [0.2, 0.25) is 5.91 Å². The third-order valence-electron chi connectivity index (χ3n) is 3.26. The van der Waals surface area contributed by atoms with E-state index in [-0.39, 0.29) is 23.6 Å². The molecule has 106 valence electrons. The predicted molar refractivity (Wildman–Crippen MR) is 71.5 cm³/mol. The van der Waals surface area contributed by atoms with E-state index in [1.807, 2.05) is 0 Å². The van der Waals surface area contributed by atoms with Crippen molar-refractivity contribution in [3.05, 3.63) is 35.4 Å². The van der Waals surface area contributed by atoms with Gasteiger partial charge in [0.25, 0.3) is 5.91 Å². The molecule has 1 aliphatic rings. The quantitative estimate of drug-likeness (QED) is 0.849. The van der Waals surface area contributed by atoms with Crippen LogP contribution < -0.4 is 5.32 Å². The highest BCUT2D eigenvalue weighted by Crippen LogP contribution is 2.09. The van der Waals surface area contributed by atoms with Gasteiger partial charge in [-0.1, -0.05) is 12.1 Å². The van der Waals surface area contributed by atoms with Crippen LogP contribution in [0.4, 0.5) is 0 Å². The first-order valence-corrected chi connectivity index (χ1v) is 6.48. The summed E-state index contributed by atoms with van der Waals surface area (Å²) in [6, 6.07) is 5.93. The Morgan fingerprint density at radius 1 is 1.10 bits per heavy atom. The normalized spacial score (nSPS) is 14.1. The van der Waals surface area contributed by atoms with Crippen LogP contribution in [0.15, 0.2) is 24.3 Å². The van der Waals surface area contributed by atoms with Crippen molar-refractivity contribution < 1.29 is 19.5 Å². The zero-order valence-corrected chi connectivity index (χ0v) is 11.0. The molecule has 2 rings (SSSR count). The molecule has 0 atom stereocenters. The molecule has 0 bridgehead atoms. The van der Waals surface area contributed by atoms with Gasteiger partial charge in [-0.25, -0.2) is 4.79 Å². The van der Waals surface area contributed by atoms with E-state index < -0.39 is 11.9 Å². The number of nitrogens with one attached hydrogen (secondary N) is 1. The lowest BCUT2D eigenvalue weighted by Gasteiger charge is -2.15. The van der Waals surface area contributed by atoms with Crippen LogP contribution in [0, 0.1) is 0 Å². The summed E-state index contributed by atoms with van der Waals surface area (Å²) in [7, 11) is 0. The first-order chi connectivity index (χ1) is 9.59. The summed E-state index contributed by atoms with van der Waals surface area (Å²) in [6.07, 6.45) is 1.98. The van der Waals surface area contributed by atoms with Gasteiger partial charge in [0.1, 0.15) is 0 Å². The topological polar surface area (TPSA) is 86.7 Å². The lowest BCUT2D eigenvalue weighted by Crippen LogP contribution is -2.39. The average Bonchev–Trinajstić information content (AvgIpc) is 2.98. The van der Waals surface area contributed by atoms with Crippen molar-refractivity contribution in [3.63, 3.8) is 0 Å². The molecule has 0 unspecified atom stereocenters. The molecule has 1 heterocycles. The molecule has 1 aliphatic heterocycles. The molecular formula is C14H16N2O4. The van der Waals surface area contributed by atoms with E-state index in [0.29, 0.717) is 0 Å². The summed E-state index contributed by atoms with van der Waals surface area (Å²) in [6.45, 7) is 1.34. The van der Waals surface area contributed by atoms with Gasteiger partial charge in [0, 0.05) is 13.1 Å². The van der Waals surface area contributed by atoms with Crippen molar-refractivity contribution in [2.45, 2.75) is 12.8 Å². The van der Waals surface area contributed by atoms with Gasteiger partial charge in [-0.15, -0.1) is 0 Å². The standard InChI is InChI=1S/C14H16N2O4/c17-12(16-7-3-4-8-16)9-15-13(18)10-5-1-2-6-11(10)14(19)20/h1-2,5-6H,3-4,7-9H2,(H,15,18)(H,19,20). The number of amides is 2. The number of carbonyl (C=O) groups is 3. The Kier molecular flexibility index (Phi) is 4.34. The Balaban J connectivity index is 1.98. The minimum Gasteiger partial charge on any atom is -0.478 e. The molecule has 1 saturated heterocycles. The van der Waals surface area contributed by atoms with Gasteiger partial charge in [0.05, 0.1) is 17.7 Å². The van der Waals surface area contributed by atoms with Crippen LogP contribution in [0.2, 0.25) is 0 Å². The highest BCUT2D eigenvalue weighted by atomic mass is 16.4. The smallest absolute Gasteiger partial charge is 0.336 e. The number of hydrogen-bond donors (Lipinski definition) is 2. The van der Waals surface area contributed by atoms with E-state index >= 15 is 0 Å². The number of rotatable bonds is 4. The number of carboxylic acids is 1. The highest BCUT2D eigenvalue weighted by Gasteiger charge is 2.20. The lowest BCUT2D eigenvalue weighted by atomic mass is 10.1. The van der Waals surface area contributed by atoms with Gasteiger partial charge in [-0.3, -0.25) is 9.59 Å². The molecular weight excluding hydrogens is 260 g/mol. The Morgan fingerprint density at radius 2 is 1.70 bits per heavy atom. The average molecular weight is 276 g/mol. The Hall–Kier alpha value is -2.37. The second-order valence-corrected chi connectivity index (χ2v) is 4.62. The van der Waals surface area contributed by atoms with Crippen molar-refractivity contribution in [3.8, 4) is 0 Å². The number of likely N-dealkylation sites (tertiary alicyclic amines) is 1. The number of carbonyl (C=O) groups excluding carboxylic acids is 2. The molecule has 0 aliphatic carbocycles. The summed E-state index contributed by atoms with van der Waals surface area (Å²) in [5.74, 6) is -1.85. The fourth-order valence-corrected chi connectivity index (χ4v) is 2.20. The number of nitrogens with zero attached hydrogens (tertiary/aromatic N) is 1. The zero-order valence-electron chi connectivity index (χ0n) is 11.0. The summed E-state index contributed by atoms with van der Waals surface area (Å²) in [5.41, 5.74) is -0.00663. The number of benzene rings is 1. The lowest BCUT2D eigenvalue weighted by molar-refractivity contribution is -0.129. The maximum atomic E-state index is 11.9. The molecule has 0 radical (unpaired) electrons. The summed E-state index contributed by atoms with van der Waals surface area (Å²) < 4.78 is 0. The molecule has 0 aromatic heterocycles. The molecule has 0 saturated carbocycles. The third-order valence-corrected chi connectivity index (χ3v) is 3.26. The van der Waals surface area contributed by atoms with Gasteiger partial charge >= 0.3 is 5.97 Å². The monoisotopic (exact) mass is 276 g/mol. The van der Waals surface area contributed by atoms with Crippen LogP contribution in [0.1, 0.15) is 33.6 Å². The van der Waals surface area contributed by atoms with Crippen molar-refractivity contribution in [2.24, 2.45) is 0 Å². The van der Waals surface area contributed by atoms with Crippen LogP contribution >= 0.6 is 0 Å². The van der Waals surface area contributed by atoms with E-state index in [0.717, 1.165) is 25.9 Å². The van der Waals surface area contributed by atoms with Crippen molar-refractivity contribution >= 4 is 17.8 Å². The van der Waals surface area contributed by atoms with Crippen molar-refractivity contribution in [1.29, 1.82) is 0 Å².